The summed E-state index contributed by atoms with van der Waals surface area (Å²) in [5.41, 5.74) is 0.955. The highest BCUT2D eigenvalue weighted by Crippen LogP contribution is 2.28. The number of methoxy groups -OCH3 is 2. The molecule has 2 aromatic carbocycles. The summed E-state index contributed by atoms with van der Waals surface area (Å²) < 4.78 is 42.7. The summed E-state index contributed by atoms with van der Waals surface area (Å²) >= 11 is 0. The first-order valence-corrected chi connectivity index (χ1v) is 11.9. The third-order valence-electron chi connectivity index (χ3n) is 5.17. The Morgan fingerprint density at radius 3 is 2.25 bits per heavy atom. The quantitative estimate of drug-likeness (QED) is 0.568. The molecule has 0 aliphatic carbocycles. The van der Waals surface area contributed by atoms with Crippen molar-refractivity contribution < 1.29 is 27.4 Å². The molecule has 3 rings (SSSR count). The van der Waals surface area contributed by atoms with Crippen molar-refractivity contribution in [1.82, 2.24) is 9.62 Å². The number of hydrogen-bond donors (Lipinski definition) is 1. The van der Waals surface area contributed by atoms with Gasteiger partial charge in [-0.25, -0.2) is 8.42 Å². The number of nitrogens with one attached hydrogen (secondary N) is 1. The standard InChI is InChI=1S/C22H29N3O6S/c1-29-18-7-9-19(10-8-18)31-17-22(26)23-11-16-32(27,28)25-14-12-24(13-15-25)20-5-3-4-6-21(20)30-2/h3-10H,11-17H2,1-2H3,(H,23,26). The van der Waals surface area contributed by atoms with E-state index >= 15 is 0 Å². The van der Waals surface area contributed by atoms with Crippen LogP contribution in [-0.4, -0.2) is 77.9 Å². The molecule has 0 radical (unpaired) electrons. The van der Waals surface area contributed by atoms with Gasteiger partial charge in [-0.3, -0.25) is 4.79 Å². The molecule has 1 saturated heterocycles. The fraction of sp³-hybridized carbons (Fsp3) is 0.409. The fourth-order valence-electron chi connectivity index (χ4n) is 3.42. The number of para-hydroxylation sites is 2. The first-order valence-electron chi connectivity index (χ1n) is 10.3. The SMILES string of the molecule is COc1ccc(OCC(=O)NCCS(=O)(=O)N2CCN(c3ccccc3OC)CC2)cc1. The van der Waals surface area contributed by atoms with Crippen LogP contribution in [0, 0.1) is 0 Å². The van der Waals surface area contributed by atoms with E-state index in [9.17, 15) is 13.2 Å². The van der Waals surface area contributed by atoms with Crippen molar-refractivity contribution in [1.29, 1.82) is 0 Å². The van der Waals surface area contributed by atoms with Crippen LogP contribution >= 0.6 is 0 Å². The number of nitrogens with zero attached hydrogens (tertiary/aromatic N) is 2. The summed E-state index contributed by atoms with van der Waals surface area (Å²) in [5.74, 6) is 1.45. The number of rotatable bonds is 10. The number of piperazine rings is 1. The highest BCUT2D eigenvalue weighted by atomic mass is 32.2. The largest absolute Gasteiger partial charge is 0.497 e. The molecule has 1 N–H and O–H groups in total. The van der Waals surface area contributed by atoms with Crippen LogP contribution in [0.3, 0.4) is 0 Å². The van der Waals surface area contributed by atoms with Gasteiger partial charge >= 0.3 is 0 Å². The molecule has 1 fully saturated rings. The Morgan fingerprint density at radius 1 is 0.938 bits per heavy atom. The lowest BCUT2D eigenvalue weighted by atomic mass is 10.2. The average molecular weight is 464 g/mol. The Morgan fingerprint density at radius 2 is 1.59 bits per heavy atom. The highest BCUT2D eigenvalue weighted by Gasteiger charge is 2.27. The molecule has 0 saturated carbocycles. The van der Waals surface area contributed by atoms with Gasteiger partial charge in [0.05, 0.1) is 25.7 Å². The second-order valence-electron chi connectivity index (χ2n) is 7.19. The molecule has 1 heterocycles. The van der Waals surface area contributed by atoms with Gasteiger partial charge in [0.2, 0.25) is 10.0 Å². The van der Waals surface area contributed by atoms with Crippen molar-refractivity contribution in [2.45, 2.75) is 0 Å². The van der Waals surface area contributed by atoms with E-state index in [4.69, 9.17) is 14.2 Å². The van der Waals surface area contributed by atoms with Crippen LogP contribution in [0.4, 0.5) is 5.69 Å². The number of sulfonamides is 1. The van der Waals surface area contributed by atoms with Crippen LogP contribution in [0.2, 0.25) is 0 Å². The van der Waals surface area contributed by atoms with Crippen molar-refractivity contribution in [3.63, 3.8) is 0 Å². The molecule has 0 spiro atoms. The summed E-state index contributed by atoms with van der Waals surface area (Å²) in [6.07, 6.45) is 0. The maximum atomic E-state index is 12.7. The molecule has 9 nitrogen and oxygen atoms in total. The number of carbonyl (C=O) groups excluding carboxylic acids is 1. The van der Waals surface area contributed by atoms with Crippen molar-refractivity contribution in [2.75, 3.05) is 64.2 Å². The van der Waals surface area contributed by atoms with Gasteiger partial charge in [-0.15, -0.1) is 0 Å². The summed E-state index contributed by atoms with van der Waals surface area (Å²) in [7, 11) is -0.281. The zero-order chi connectivity index (χ0) is 23.0. The van der Waals surface area contributed by atoms with Gasteiger partial charge < -0.3 is 24.4 Å². The monoisotopic (exact) mass is 463 g/mol. The zero-order valence-corrected chi connectivity index (χ0v) is 19.1. The topological polar surface area (TPSA) is 97.4 Å². The van der Waals surface area contributed by atoms with Crippen LogP contribution in [0.5, 0.6) is 17.2 Å². The number of benzene rings is 2. The molecular weight excluding hydrogens is 434 g/mol. The van der Waals surface area contributed by atoms with E-state index in [-0.39, 0.29) is 24.8 Å². The number of anilines is 1. The molecule has 32 heavy (non-hydrogen) atoms. The lowest BCUT2D eigenvalue weighted by molar-refractivity contribution is -0.122. The predicted octanol–water partition coefficient (Wildman–Crippen LogP) is 1.35. The highest BCUT2D eigenvalue weighted by molar-refractivity contribution is 7.89. The summed E-state index contributed by atoms with van der Waals surface area (Å²) in [6.45, 7) is 1.75. The van der Waals surface area contributed by atoms with Crippen LogP contribution in [0.15, 0.2) is 48.5 Å². The van der Waals surface area contributed by atoms with Crippen LogP contribution in [0.1, 0.15) is 0 Å². The normalized spacial score (nSPS) is 14.6. The number of hydrogen-bond acceptors (Lipinski definition) is 7. The first kappa shape index (κ1) is 23.7. The molecule has 174 valence electrons. The van der Waals surface area contributed by atoms with E-state index in [1.54, 1.807) is 38.5 Å². The molecule has 2 aromatic rings. The Balaban J connectivity index is 1.41. The smallest absolute Gasteiger partial charge is 0.257 e. The summed E-state index contributed by atoms with van der Waals surface area (Å²) in [4.78, 5) is 14.1. The van der Waals surface area contributed by atoms with E-state index in [1.807, 2.05) is 24.3 Å². The Hall–Kier alpha value is -2.98. The summed E-state index contributed by atoms with van der Waals surface area (Å²) in [5, 5.41) is 2.60. The fourth-order valence-corrected chi connectivity index (χ4v) is 4.76. The van der Waals surface area contributed by atoms with Gasteiger partial charge in [-0.05, 0) is 36.4 Å². The van der Waals surface area contributed by atoms with Gasteiger partial charge in [0.1, 0.15) is 17.2 Å². The molecule has 10 heteroatoms. The molecule has 0 bridgehead atoms. The Bertz CT molecular complexity index is 989. The Kier molecular flexibility index (Phi) is 8.18. The average Bonchev–Trinajstić information content (AvgIpc) is 2.83. The van der Waals surface area contributed by atoms with E-state index in [1.165, 1.54) is 4.31 Å². The Labute approximate surface area is 188 Å². The second-order valence-corrected chi connectivity index (χ2v) is 9.28. The van der Waals surface area contributed by atoms with Crippen molar-refractivity contribution in [2.24, 2.45) is 0 Å². The lowest BCUT2D eigenvalue weighted by Gasteiger charge is -2.35. The van der Waals surface area contributed by atoms with E-state index in [0.29, 0.717) is 37.7 Å². The van der Waals surface area contributed by atoms with Crippen LogP contribution in [-0.2, 0) is 14.8 Å². The minimum atomic E-state index is -3.47. The van der Waals surface area contributed by atoms with Gasteiger partial charge in [0.15, 0.2) is 6.61 Å². The van der Waals surface area contributed by atoms with Gasteiger partial charge in [-0.2, -0.15) is 4.31 Å². The molecule has 1 amide bonds. The van der Waals surface area contributed by atoms with Crippen molar-refractivity contribution in [3.05, 3.63) is 48.5 Å². The predicted molar refractivity (Wildman–Crippen MR) is 122 cm³/mol. The minimum Gasteiger partial charge on any atom is -0.497 e. The second kappa shape index (κ2) is 11.1. The first-order chi connectivity index (χ1) is 15.4. The van der Waals surface area contributed by atoms with Crippen molar-refractivity contribution in [3.8, 4) is 17.2 Å². The van der Waals surface area contributed by atoms with Crippen LogP contribution in [0.25, 0.3) is 0 Å². The van der Waals surface area contributed by atoms with E-state index in [2.05, 4.69) is 10.2 Å². The third-order valence-corrected chi connectivity index (χ3v) is 7.04. The molecular formula is C22H29N3O6S. The zero-order valence-electron chi connectivity index (χ0n) is 18.3. The lowest BCUT2D eigenvalue weighted by Crippen LogP contribution is -2.50. The molecule has 0 unspecified atom stereocenters. The maximum absolute atomic E-state index is 12.7. The maximum Gasteiger partial charge on any atom is 0.257 e. The minimum absolute atomic E-state index is 0.0276. The summed E-state index contributed by atoms with van der Waals surface area (Å²) in [6, 6.07) is 14.5. The molecule has 1 aliphatic heterocycles. The van der Waals surface area contributed by atoms with Crippen molar-refractivity contribution >= 4 is 21.6 Å². The van der Waals surface area contributed by atoms with Gasteiger partial charge in [-0.1, -0.05) is 12.1 Å². The number of ether oxygens (including phenoxy) is 3. The van der Waals surface area contributed by atoms with Crippen LogP contribution < -0.4 is 24.4 Å². The third kappa shape index (κ3) is 6.27. The van der Waals surface area contributed by atoms with Gasteiger partial charge in [0, 0.05) is 32.7 Å². The van der Waals surface area contributed by atoms with Gasteiger partial charge in [0.25, 0.3) is 5.91 Å². The van der Waals surface area contributed by atoms with E-state index in [0.717, 1.165) is 11.4 Å². The van der Waals surface area contributed by atoms with E-state index < -0.39 is 10.0 Å². The molecule has 0 atom stereocenters. The molecule has 0 aromatic heterocycles. The molecule has 1 aliphatic rings. The number of carbonyl (C=O) groups is 1. The number of amides is 1.